The van der Waals surface area contributed by atoms with Gasteiger partial charge in [0.25, 0.3) is 0 Å². The van der Waals surface area contributed by atoms with Gasteiger partial charge in [0.1, 0.15) is 23.8 Å². The van der Waals surface area contributed by atoms with Crippen molar-refractivity contribution in [3.05, 3.63) is 75.4 Å². The minimum atomic E-state index is -0.361. The topological polar surface area (TPSA) is 39.4 Å². The van der Waals surface area contributed by atoms with Crippen molar-refractivity contribution in [2.75, 3.05) is 0 Å². The highest BCUT2D eigenvalue weighted by atomic mass is 19.1. The van der Waals surface area contributed by atoms with Gasteiger partial charge in [-0.25, -0.2) is 9.18 Å². The summed E-state index contributed by atoms with van der Waals surface area (Å²) in [6.45, 7) is 4.10. The Kier molecular flexibility index (Phi) is 4.15. The number of hydrogen-bond acceptors (Lipinski definition) is 3. The van der Waals surface area contributed by atoms with Crippen molar-refractivity contribution >= 4 is 11.0 Å². The SMILES string of the molecule is CCc1cc(=O)oc2c(C)c(OCc3cccc(F)c3)ccc12. The van der Waals surface area contributed by atoms with Gasteiger partial charge in [-0.05, 0) is 48.7 Å². The third kappa shape index (κ3) is 3.11. The average Bonchev–Trinajstić information content (AvgIpc) is 2.54. The first-order chi connectivity index (χ1) is 11.1. The number of benzene rings is 2. The highest BCUT2D eigenvalue weighted by molar-refractivity contribution is 5.84. The lowest BCUT2D eigenvalue weighted by atomic mass is 10.0. The van der Waals surface area contributed by atoms with Crippen LogP contribution in [-0.2, 0) is 13.0 Å². The largest absolute Gasteiger partial charge is 0.488 e. The molecule has 0 radical (unpaired) electrons. The van der Waals surface area contributed by atoms with Gasteiger partial charge in [-0.3, -0.25) is 0 Å². The number of hydrogen-bond donors (Lipinski definition) is 0. The molecule has 0 saturated heterocycles. The molecular weight excluding hydrogens is 295 g/mol. The van der Waals surface area contributed by atoms with E-state index in [1.165, 1.54) is 18.2 Å². The molecule has 118 valence electrons. The van der Waals surface area contributed by atoms with E-state index in [0.29, 0.717) is 11.3 Å². The monoisotopic (exact) mass is 312 g/mol. The van der Waals surface area contributed by atoms with Crippen LogP contribution in [0.25, 0.3) is 11.0 Å². The summed E-state index contributed by atoms with van der Waals surface area (Å²) in [4.78, 5) is 11.7. The van der Waals surface area contributed by atoms with E-state index in [1.54, 1.807) is 12.1 Å². The number of fused-ring (bicyclic) bond motifs is 1. The average molecular weight is 312 g/mol. The van der Waals surface area contributed by atoms with E-state index in [1.807, 2.05) is 26.0 Å². The summed E-state index contributed by atoms with van der Waals surface area (Å²) in [7, 11) is 0. The van der Waals surface area contributed by atoms with Gasteiger partial charge in [-0.15, -0.1) is 0 Å². The second-order valence-corrected chi connectivity index (χ2v) is 5.43. The van der Waals surface area contributed by atoms with Gasteiger partial charge in [0.05, 0.1) is 0 Å². The Morgan fingerprint density at radius 1 is 1.17 bits per heavy atom. The van der Waals surface area contributed by atoms with Crippen LogP contribution in [0.1, 0.15) is 23.6 Å². The molecule has 23 heavy (non-hydrogen) atoms. The maximum Gasteiger partial charge on any atom is 0.336 e. The number of ether oxygens (including phenoxy) is 1. The molecule has 3 nitrogen and oxygen atoms in total. The maximum atomic E-state index is 13.2. The van der Waals surface area contributed by atoms with Crippen molar-refractivity contribution in [1.82, 2.24) is 0 Å². The predicted molar refractivity (Wildman–Crippen MR) is 87.3 cm³/mol. The van der Waals surface area contributed by atoms with E-state index in [4.69, 9.17) is 9.15 Å². The Bertz CT molecular complexity index is 912. The number of aryl methyl sites for hydroxylation is 2. The molecule has 0 aliphatic carbocycles. The van der Waals surface area contributed by atoms with Gasteiger partial charge in [-0.2, -0.15) is 0 Å². The van der Waals surface area contributed by atoms with E-state index in [2.05, 4.69) is 0 Å². The summed E-state index contributed by atoms with van der Waals surface area (Å²) in [5.41, 5.74) is 2.65. The first-order valence-electron chi connectivity index (χ1n) is 7.52. The molecule has 0 aliphatic heterocycles. The zero-order valence-corrected chi connectivity index (χ0v) is 13.1. The zero-order chi connectivity index (χ0) is 16.4. The number of rotatable bonds is 4. The fraction of sp³-hybridized carbons (Fsp3) is 0.211. The van der Waals surface area contributed by atoms with Crippen LogP contribution < -0.4 is 10.4 Å². The molecule has 3 aromatic rings. The second-order valence-electron chi connectivity index (χ2n) is 5.43. The molecule has 0 amide bonds. The highest BCUT2D eigenvalue weighted by Crippen LogP contribution is 2.29. The summed E-state index contributed by atoms with van der Waals surface area (Å²) >= 11 is 0. The highest BCUT2D eigenvalue weighted by Gasteiger charge is 2.11. The van der Waals surface area contributed by atoms with Gasteiger partial charge < -0.3 is 9.15 Å². The van der Waals surface area contributed by atoms with Crippen LogP contribution in [0.5, 0.6) is 5.75 Å². The van der Waals surface area contributed by atoms with Gasteiger partial charge >= 0.3 is 5.63 Å². The quantitative estimate of drug-likeness (QED) is 0.671. The first-order valence-corrected chi connectivity index (χ1v) is 7.52. The van der Waals surface area contributed by atoms with Crippen LogP contribution in [0, 0.1) is 12.7 Å². The van der Waals surface area contributed by atoms with Crippen LogP contribution in [0.15, 0.2) is 51.7 Å². The summed E-state index contributed by atoms with van der Waals surface area (Å²) in [6, 6.07) is 11.6. The van der Waals surface area contributed by atoms with E-state index in [9.17, 15) is 9.18 Å². The van der Waals surface area contributed by atoms with Crippen LogP contribution >= 0.6 is 0 Å². The van der Waals surface area contributed by atoms with Crippen molar-refractivity contribution in [2.45, 2.75) is 26.9 Å². The van der Waals surface area contributed by atoms with E-state index < -0.39 is 0 Å². The summed E-state index contributed by atoms with van der Waals surface area (Å²) in [5, 5.41) is 0.919. The van der Waals surface area contributed by atoms with Crippen molar-refractivity contribution in [2.24, 2.45) is 0 Å². The normalized spacial score (nSPS) is 10.9. The van der Waals surface area contributed by atoms with Crippen LogP contribution in [-0.4, -0.2) is 0 Å². The molecule has 0 aliphatic rings. The van der Waals surface area contributed by atoms with E-state index in [-0.39, 0.29) is 18.0 Å². The molecule has 0 bridgehead atoms. The molecule has 0 atom stereocenters. The Hall–Kier alpha value is -2.62. The van der Waals surface area contributed by atoms with Crippen LogP contribution in [0.2, 0.25) is 0 Å². The van der Waals surface area contributed by atoms with Crippen molar-refractivity contribution in [3.63, 3.8) is 0 Å². The lowest BCUT2D eigenvalue weighted by molar-refractivity contribution is 0.303. The smallest absolute Gasteiger partial charge is 0.336 e. The van der Waals surface area contributed by atoms with E-state index >= 15 is 0 Å². The van der Waals surface area contributed by atoms with E-state index in [0.717, 1.165) is 28.5 Å². The Morgan fingerprint density at radius 3 is 2.74 bits per heavy atom. The molecule has 1 heterocycles. The van der Waals surface area contributed by atoms with Gasteiger partial charge in [-0.1, -0.05) is 19.1 Å². The molecule has 0 saturated carbocycles. The van der Waals surface area contributed by atoms with Crippen molar-refractivity contribution < 1.29 is 13.5 Å². The molecule has 0 N–H and O–H groups in total. The fourth-order valence-electron chi connectivity index (χ4n) is 2.64. The molecule has 0 spiro atoms. The Balaban J connectivity index is 1.96. The molecule has 0 unspecified atom stereocenters. The standard InChI is InChI=1S/C19H17FO3/c1-3-14-10-18(21)23-19-12(2)17(8-7-16(14)19)22-11-13-5-4-6-15(20)9-13/h4-10H,3,11H2,1-2H3. The zero-order valence-electron chi connectivity index (χ0n) is 13.1. The van der Waals surface area contributed by atoms with Crippen molar-refractivity contribution in [1.29, 1.82) is 0 Å². The van der Waals surface area contributed by atoms with Crippen molar-refractivity contribution in [3.8, 4) is 5.75 Å². The minimum absolute atomic E-state index is 0.252. The minimum Gasteiger partial charge on any atom is -0.488 e. The molecule has 1 aromatic heterocycles. The summed E-state index contributed by atoms with van der Waals surface area (Å²) < 4.78 is 24.3. The third-order valence-electron chi connectivity index (χ3n) is 3.86. The lowest BCUT2D eigenvalue weighted by Gasteiger charge is -2.12. The Labute approximate surface area is 133 Å². The summed E-state index contributed by atoms with van der Waals surface area (Å²) in [6.07, 6.45) is 0.755. The van der Waals surface area contributed by atoms with Gasteiger partial charge in [0.2, 0.25) is 0 Å². The maximum absolute atomic E-state index is 13.2. The van der Waals surface area contributed by atoms with Gasteiger partial charge in [0.15, 0.2) is 0 Å². The van der Waals surface area contributed by atoms with Crippen LogP contribution in [0.4, 0.5) is 4.39 Å². The molecule has 4 heteroatoms. The molecule has 0 fully saturated rings. The molecule has 2 aromatic carbocycles. The first kappa shape index (κ1) is 15.3. The van der Waals surface area contributed by atoms with Crippen LogP contribution in [0.3, 0.4) is 0 Å². The predicted octanol–water partition coefficient (Wildman–Crippen LogP) is 4.38. The number of halogens is 1. The fourth-order valence-corrected chi connectivity index (χ4v) is 2.64. The third-order valence-corrected chi connectivity index (χ3v) is 3.86. The molecular formula is C19H17FO3. The van der Waals surface area contributed by atoms with Gasteiger partial charge in [0, 0.05) is 17.0 Å². The lowest BCUT2D eigenvalue weighted by Crippen LogP contribution is -2.03. The second kappa shape index (κ2) is 6.24. The molecule has 3 rings (SSSR count). The summed E-state index contributed by atoms with van der Waals surface area (Å²) in [5.74, 6) is 0.332. The Morgan fingerprint density at radius 2 is 2.00 bits per heavy atom.